The van der Waals surface area contributed by atoms with Gasteiger partial charge in [-0.1, -0.05) is 42.5 Å². The zero-order valence-corrected chi connectivity index (χ0v) is 19.8. The number of piperidine rings is 1. The van der Waals surface area contributed by atoms with E-state index in [0.29, 0.717) is 12.1 Å². The standard InChI is InChI=1S/C25H32N3O4S/c1-2-28(24(29)19-21-10-12-23(13-11-21)33(31,32)25(26)30)22-14-17-27(18-15-22)16-6-9-20-7-4-3-5-8-20/h3-5,7-13,22H,2,6,14-19H2,1H3,(H2,26,30). The van der Waals surface area contributed by atoms with Crippen molar-refractivity contribution in [2.24, 2.45) is 5.73 Å². The molecule has 2 aromatic rings. The molecule has 0 atom stereocenters. The molecule has 0 aromatic heterocycles. The van der Waals surface area contributed by atoms with Crippen LogP contribution in [0.2, 0.25) is 0 Å². The number of nitrogens with two attached hydrogens (primary N) is 1. The van der Waals surface area contributed by atoms with Crippen LogP contribution in [0.3, 0.4) is 0 Å². The summed E-state index contributed by atoms with van der Waals surface area (Å²) in [5, 5.41) is -1.38. The molecular weight excluding hydrogens is 438 g/mol. The maximum atomic E-state index is 13.0. The molecule has 0 unspecified atom stereocenters. The summed E-state index contributed by atoms with van der Waals surface area (Å²) in [5.41, 5.74) is 6.88. The van der Waals surface area contributed by atoms with Crippen LogP contribution in [-0.4, -0.2) is 61.6 Å². The van der Waals surface area contributed by atoms with Gasteiger partial charge in [-0.05, 0) is 62.4 Å². The van der Waals surface area contributed by atoms with Crippen LogP contribution in [-0.2, 0) is 21.1 Å². The van der Waals surface area contributed by atoms with Crippen molar-refractivity contribution in [3.8, 4) is 0 Å². The van der Waals surface area contributed by atoms with Gasteiger partial charge in [0.2, 0.25) is 5.91 Å². The molecule has 1 aliphatic heterocycles. The molecule has 7 nitrogen and oxygen atoms in total. The van der Waals surface area contributed by atoms with E-state index in [2.05, 4.69) is 23.5 Å². The summed E-state index contributed by atoms with van der Waals surface area (Å²) in [6, 6.07) is 16.3. The first-order chi connectivity index (χ1) is 15.8. The lowest BCUT2D eigenvalue weighted by atomic mass is 10.0. The highest BCUT2D eigenvalue weighted by atomic mass is 32.2. The first kappa shape index (κ1) is 24.9. The van der Waals surface area contributed by atoms with E-state index in [1.807, 2.05) is 30.0 Å². The summed E-state index contributed by atoms with van der Waals surface area (Å²) < 4.78 is 23.7. The molecule has 0 bridgehead atoms. The topological polar surface area (TPSA) is 101 Å². The van der Waals surface area contributed by atoms with E-state index in [4.69, 9.17) is 5.73 Å². The molecule has 1 aliphatic rings. The first-order valence-corrected chi connectivity index (χ1v) is 12.8. The van der Waals surface area contributed by atoms with Gasteiger partial charge in [-0.25, -0.2) is 8.42 Å². The second-order valence-electron chi connectivity index (χ2n) is 8.30. The van der Waals surface area contributed by atoms with Crippen molar-refractivity contribution in [3.05, 3.63) is 72.1 Å². The normalized spacial score (nSPS) is 15.3. The smallest absolute Gasteiger partial charge is 0.338 e. The van der Waals surface area contributed by atoms with Gasteiger partial charge < -0.3 is 15.5 Å². The van der Waals surface area contributed by atoms with Crippen LogP contribution in [0.5, 0.6) is 0 Å². The van der Waals surface area contributed by atoms with Crippen molar-refractivity contribution < 1.29 is 18.0 Å². The second-order valence-corrected chi connectivity index (χ2v) is 10.2. The molecule has 33 heavy (non-hydrogen) atoms. The fourth-order valence-corrected chi connectivity index (χ4v) is 5.00. The third-order valence-corrected chi connectivity index (χ3v) is 7.56. The van der Waals surface area contributed by atoms with Gasteiger partial charge in [-0.15, -0.1) is 0 Å². The van der Waals surface area contributed by atoms with Gasteiger partial charge in [0.25, 0.3) is 9.84 Å². The highest BCUT2D eigenvalue weighted by Crippen LogP contribution is 2.20. The van der Waals surface area contributed by atoms with Crippen molar-refractivity contribution in [2.45, 2.75) is 43.5 Å². The Morgan fingerprint density at radius 2 is 1.70 bits per heavy atom. The summed E-state index contributed by atoms with van der Waals surface area (Å²) in [6.45, 7) is 5.58. The molecule has 1 heterocycles. The van der Waals surface area contributed by atoms with Crippen LogP contribution < -0.4 is 5.73 Å². The lowest BCUT2D eigenvalue weighted by Gasteiger charge is -2.38. The first-order valence-electron chi connectivity index (χ1n) is 11.3. The van der Waals surface area contributed by atoms with Crippen LogP contribution in [0, 0.1) is 6.42 Å². The van der Waals surface area contributed by atoms with Gasteiger partial charge in [-0.2, -0.15) is 0 Å². The number of hydrogen-bond acceptors (Lipinski definition) is 5. The number of primary amides is 1. The van der Waals surface area contributed by atoms with Crippen molar-refractivity contribution in [3.63, 3.8) is 0 Å². The van der Waals surface area contributed by atoms with Crippen LogP contribution in [0.15, 0.2) is 59.5 Å². The van der Waals surface area contributed by atoms with Gasteiger partial charge in [0.15, 0.2) is 0 Å². The van der Waals surface area contributed by atoms with E-state index in [1.165, 1.54) is 17.7 Å². The van der Waals surface area contributed by atoms with Crippen molar-refractivity contribution in [1.29, 1.82) is 0 Å². The molecule has 0 spiro atoms. The van der Waals surface area contributed by atoms with E-state index in [9.17, 15) is 18.0 Å². The van der Waals surface area contributed by atoms with E-state index in [1.54, 1.807) is 12.1 Å². The van der Waals surface area contributed by atoms with Gasteiger partial charge >= 0.3 is 5.24 Å². The summed E-state index contributed by atoms with van der Waals surface area (Å²) in [5.74, 6) is 0.0267. The molecular formula is C25H32N3O4S. The molecule has 3 rings (SSSR count). The zero-order valence-electron chi connectivity index (χ0n) is 19.0. The van der Waals surface area contributed by atoms with Crippen LogP contribution in [0.1, 0.15) is 37.3 Å². The maximum Gasteiger partial charge on any atom is 0.338 e. The molecule has 0 aliphatic carbocycles. The molecule has 8 heteroatoms. The van der Waals surface area contributed by atoms with E-state index in [0.717, 1.165) is 38.9 Å². The molecule has 2 N–H and O–H groups in total. The maximum absolute atomic E-state index is 13.0. The number of nitrogens with zero attached hydrogens (tertiary/aromatic N) is 2. The van der Waals surface area contributed by atoms with Crippen molar-refractivity contribution >= 4 is 21.0 Å². The number of carbonyl (C=O) groups excluding carboxylic acids is 2. The zero-order chi connectivity index (χ0) is 23.8. The highest BCUT2D eigenvalue weighted by Gasteiger charge is 2.27. The quantitative estimate of drug-likeness (QED) is 0.607. The fraction of sp³-hybridized carbons (Fsp3) is 0.400. The Morgan fingerprint density at radius 1 is 1.06 bits per heavy atom. The summed E-state index contributed by atoms with van der Waals surface area (Å²) in [6.07, 6.45) is 5.35. The van der Waals surface area contributed by atoms with E-state index < -0.39 is 15.1 Å². The largest absolute Gasteiger partial charge is 0.356 e. The predicted octanol–water partition coefficient (Wildman–Crippen LogP) is 3.04. The van der Waals surface area contributed by atoms with Gasteiger partial charge in [0.05, 0.1) is 11.3 Å². The number of carbonyl (C=O) groups is 2. The lowest BCUT2D eigenvalue weighted by molar-refractivity contribution is -0.133. The van der Waals surface area contributed by atoms with Crippen LogP contribution in [0.25, 0.3) is 0 Å². The minimum atomic E-state index is -4.15. The third-order valence-electron chi connectivity index (χ3n) is 6.14. The van der Waals surface area contributed by atoms with Gasteiger partial charge in [-0.3, -0.25) is 9.59 Å². The van der Waals surface area contributed by atoms with Gasteiger partial charge in [0.1, 0.15) is 0 Å². The van der Waals surface area contributed by atoms with Crippen molar-refractivity contribution in [1.82, 2.24) is 9.80 Å². The molecule has 2 aromatic carbocycles. The summed E-state index contributed by atoms with van der Waals surface area (Å²) >= 11 is 0. The molecule has 2 amide bonds. The number of sulfone groups is 1. The number of likely N-dealkylation sites (N-methyl/N-ethyl adjacent to an activating group) is 1. The van der Waals surface area contributed by atoms with Crippen molar-refractivity contribution in [2.75, 3.05) is 26.2 Å². The summed E-state index contributed by atoms with van der Waals surface area (Å²) in [4.78, 5) is 28.3. The molecule has 0 saturated carbocycles. The average molecular weight is 471 g/mol. The average Bonchev–Trinajstić information content (AvgIpc) is 2.81. The SMILES string of the molecule is CCN(C(=O)Cc1ccc(S(=O)(=O)C(N)=O)cc1)C1CCN(CC[CH]c2ccccc2)CC1. The fourth-order valence-electron chi connectivity index (χ4n) is 4.27. The Kier molecular flexibility index (Phi) is 8.63. The molecule has 1 saturated heterocycles. The predicted molar refractivity (Wildman–Crippen MR) is 128 cm³/mol. The lowest BCUT2D eigenvalue weighted by Crippen LogP contribution is -2.48. The summed E-state index contributed by atoms with van der Waals surface area (Å²) in [7, 11) is -4.15. The molecule has 1 radical (unpaired) electrons. The monoisotopic (exact) mass is 470 g/mol. The van der Waals surface area contributed by atoms with Crippen LogP contribution >= 0.6 is 0 Å². The van der Waals surface area contributed by atoms with Gasteiger partial charge in [0, 0.05) is 25.7 Å². The Morgan fingerprint density at radius 3 is 2.27 bits per heavy atom. The number of benzene rings is 2. The Bertz CT molecular complexity index is 1030. The highest BCUT2D eigenvalue weighted by molar-refractivity contribution is 8.06. The number of rotatable bonds is 9. The minimum absolute atomic E-state index is 0.0267. The van der Waals surface area contributed by atoms with E-state index in [-0.39, 0.29) is 23.3 Å². The second kappa shape index (κ2) is 11.4. The Balaban J connectivity index is 1.48. The minimum Gasteiger partial charge on any atom is -0.356 e. The van der Waals surface area contributed by atoms with Crippen LogP contribution in [0.4, 0.5) is 4.79 Å². The number of likely N-dealkylation sites (tertiary alicyclic amines) is 1. The Hall–Kier alpha value is -2.71. The van der Waals surface area contributed by atoms with E-state index >= 15 is 0 Å². The number of hydrogen-bond donors (Lipinski definition) is 1. The Labute approximate surface area is 196 Å². The molecule has 1 fully saturated rings. The third kappa shape index (κ3) is 6.65. The number of amides is 2. The molecule has 177 valence electrons.